The van der Waals surface area contributed by atoms with Crippen LogP contribution in [0.15, 0.2) is 78.1 Å². The third-order valence-electron chi connectivity index (χ3n) is 5.87. The maximum absolute atomic E-state index is 14.9. The molecule has 1 aliphatic rings. The van der Waals surface area contributed by atoms with E-state index >= 15 is 0 Å². The second-order valence-electron chi connectivity index (χ2n) is 8.55. The molecule has 3 aromatic carbocycles. The highest BCUT2D eigenvalue weighted by Gasteiger charge is 2.43. The number of halogens is 8. The number of benzene rings is 3. The zero-order valence-electron chi connectivity index (χ0n) is 19.4. The first-order chi connectivity index (χ1) is 17.5. The Morgan fingerprint density at radius 1 is 0.811 bits per heavy atom. The molecule has 0 aliphatic heterocycles. The van der Waals surface area contributed by atoms with E-state index in [0.29, 0.717) is 23.3 Å². The summed E-state index contributed by atoms with van der Waals surface area (Å²) in [5.41, 5.74) is -0.0909. The lowest BCUT2D eigenvalue weighted by Crippen LogP contribution is -2.24. The molecule has 0 spiro atoms. The maximum atomic E-state index is 14.9. The summed E-state index contributed by atoms with van der Waals surface area (Å²) in [5.74, 6) is -8.98. The topological polar surface area (TPSA) is 9.23 Å². The van der Waals surface area contributed by atoms with E-state index in [2.05, 4.69) is 4.74 Å². The maximum Gasteiger partial charge on any atom is 0.432 e. The van der Waals surface area contributed by atoms with Gasteiger partial charge in [0.15, 0.2) is 17.8 Å². The minimum absolute atomic E-state index is 0.178. The number of allylic oxidation sites excluding steroid dienone is 4. The summed E-state index contributed by atoms with van der Waals surface area (Å²) < 4.78 is 118. The van der Waals surface area contributed by atoms with E-state index in [1.165, 1.54) is 12.1 Å². The monoisotopic (exact) mass is 524 g/mol. The first-order valence-corrected chi connectivity index (χ1v) is 11.4. The van der Waals surface area contributed by atoms with Gasteiger partial charge >= 0.3 is 6.11 Å². The van der Waals surface area contributed by atoms with Crippen molar-refractivity contribution in [2.75, 3.05) is 0 Å². The van der Waals surface area contributed by atoms with Crippen LogP contribution in [0, 0.1) is 17.5 Å². The molecule has 0 amide bonds. The van der Waals surface area contributed by atoms with E-state index in [4.69, 9.17) is 0 Å². The third kappa shape index (κ3) is 5.55. The highest BCUT2D eigenvalue weighted by Crippen LogP contribution is 2.41. The number of hydrogen-bond donors (Lipinski definition) is 0. The molecule has 0 bridgehead atoms. The zero-order valence-corrected chi connectivity index (χ0v) is 19.4. The van der Waals surface area contributed by atoms with Crippen molar-refractivity contribution in [1.82, 2.24) is 0 Å². The van der Waals surface area contributed by atoms with Gasteiger partial charge in [-0.25, -0.2) is 26.3 Å². The van der Waals surface area contributed by atoms with Gasteiger partial charge in [0.05, 0.1) is 0 Å². The Bertz CT molecular complexity index is 1350. The van der Waals surface area contributed by atoms with Crippen LogP contribution in [0.25, 0.3) is 22.3 Å². The summed E-state index contributed by atoms with van der Waals surface area (Å²) in [6, 6.07) is 12.4. The first kappa shape index (κ1) is 26.4. The number of aryl methyl sites for hydroxylation is 1. The van der Waals surface area contributed by atoms with Crippen LogP contribution in [0.1, 0.15) is 30.9 Å². The first-order valence-electron chi connectivity index (χ1n) is 11.4. The molecule has 1 atom stereocenters. The standard InChI is InChI=1S/C28H20F8O/c1-2-3-15-4-6-16(7-5-15)17-8-9-20(21(29)10-17)18-11-22(30)26(23(31)12-18)28(35,36)37-19-13-24(32)27(34)25(33)14-19/h4-13,25H,2-3,14H2,1H3. The predicted octanol–water partition coefficient (Wildman–Crippen LogP) is 9.23. The fraction of sp³-hybridized carbons (Fsp3) is 0.214. The van der Waals surface area contributed by atoms with Crippen LogP contribution in [0.2, 0.25) is 0 Å². The second-order valence-corrected chi connectivity index (χ2v) is 8.55. The minimum atomic E-state index is -4.70. The van der Waals surface area contributed by atoms with Gasteiger partial charge in [0.25, 0.3) is 0 Å². The van der Waals surface area contributed by atoms with Crippen molar-refractivity contribution < 1.29 is 39.9 Å². The molecular weight excluding hydrogens is 504 g/mol. The number of hydrogen-bond acceptors (Lipinski definition) is 1. The summed E-state index contributed by atoms with van der Waals surface area (Å²) in [5, 5.41) is 0. The van der Waals surface area contributed by atoms with Crippen LogP contribution in [0.5, 0.6) is 0 Å². The van der Waals surface area contributed by atoms with E-state index in [1.54, 1.807) is 0 Å². The Kier molecular flexibility index (Phi) is 7.43. The fourth-order valence-electron chi connectivity index (χ4n) is 4.06. The molecule has 0 fully saturated rings. The number of rotatable bonds is 7. The van der Waals surface area contributed by atoms with E-state index in [9.17, 15) is 35.1 Å². The number of alkyl halides is 3. The van der Waals surface area contributed by atoms with Gasteiger partial charge in [0.2, 0.25) is 0 Å². The van der Waals surface area contributed by atoms with Crippen LogP contribution in [-0.2, 0) is 17.3 Å². The quantitative estimate of drug-likeness (QED) is 0.280. The molecule has 1 unspecified atom stereocenters. The minimum Gasteiger partial charge on any atom is -0.433 e. The van der Waals surface area contributed by atoms with Crippen LogP contribution in [0.4, 0.5) is 35.1 Å². The van der Waals surface area contributed by atoms with Crippen molar-refractivity contribution in [2.24, 2.45) is 0 Å². The molecular formula is C28H20F8O. The molecule has 3 aromatic rings. The summed E-state index contributed by atoms with van der Waals surface area (Å²) >= 11 is 0. The van der Waals surface area contributed by atoms with E-state index in [-0.39, 0.29) is 17.2 Å². The van der Waals surface area contributed by atoms with Crippen molar-refractivity contribution in [3.63, 3.8) is 0 Å². The zero-order chi connectivity index (χ0) is 26.9. The molecule has 0 saturated carbocycles. The SMILES string of the molecule is CCCc1ccc(-c2ccc(-c3cc(F)c(C(F)(F)OC4=CC(F)=C(F)C(F)C4)c(F)c3)c(F)c2)cc1. The average Bonchev–Trinajstić information content (AvgIpc) is 2.82. The Morgan fingerprint density at radius 3 is 1.97 bits per heavy atom. The lowest BCUT2D eigenvalue weighted by molar-refractivity contribution is -0.230. The van der Waals surface area contributed by atoms with Crippen molar-refractivity contribution in [2.45, 2.75) is 38.5 Å². The molecule has 0 saturated heterocycles. The summed E-state index contributed by atoms with van der Waals surface area (Å²) in [6.45, 7) is 2.05. The largest absolute Gasteiger partial charge is 0.433 e. The van der Waals surface area contributed by atoms with Crippen molar-refractivity contribution in [3.8, 4) is 22.3 Å². The van der Waals surface area contributed by atoms with Gasteiger partial charge in [-0.05, 0) is 46.9 Å². The summed E-state index contributed by atoms with van der Waals surface area (Å²) in [6.07, 6.45) is -6.32. The van der Waals surface area contributed by atoms with Gasteiger partial charge < -0.3 is 4.74 Å². The van der Waals surface area contributed by atoms with Gasteiger partial charge in [-0.2, -0.15) is 8.78 Å². The normalized spacial score (nSPS) is 16.1. The molecule has 0 aromatic heterocycles. The molecule has 9 heteroatoms. The van der Waals surface area contributed by atoms with Crippen molar-refractivity contribution >= 4 is 0 Å². The van der Waals surface area contributed by atoms with Gasteiger partial charge in [-0.3, -0.25) is 0 Å². The lowest BCUT2D eigenvalue weighted by atomic mass is 9.97. The van der Waals surface area contributed by atoms with E-state index in [1.807, 2.05) is 31.2 Å². The highest BCUT2D eigenvalue weighted by molar-refractivity contribution is 5.71. The molecule has 1 nitrogen and oxygen atoms in total. The lowest BCUT2D eigenvalue weighted by Gasteiger charge is -2.23. The van der Waals surface area contributed by atoms with Gasteiger partial charge in [-0.1, -0.05) is 49.7 Å². The predicted molar refractivity (Wildman–Crippen MR) is 123 cm³/mol. The fourth-order valence-corrected chi connectivity index (χ4v) is 4.06. The Morgan fingerprint density at radius 2 is 1.41 bits per heavy atom. The molecule has 37 heavy (non-hydrogen) atoms. The molecule has 4 rings (SSSR count). The Labute approximate surface area is 207 Å². The van der Waals surface area contributed by atoms with Crippen LogP contribution in [-0.4, -0.2) is 6.17 Å². The molecule has 0 N–H and O–H groups in total. The van der Waals surface area contributed by atoms with Gasteiger partial charge in [-0.15, -0.1) is 0 Å². The third-order valence-corrected chi connectivity index (χ3v) is 5.87. The van der Waals surface area contributed by atoms with Crippen LogP contribution in [0.3, 0.4) is 0 Å². The molecule has 194 valence electrons. The second kappa shape index (κ2) is 10.4. The van der Waals surface area contributed by atoms with Gasteiger partial charge in [0, 0.05) is 18.1 Å². The smallest absolute Gasteiger partial charge is 0.432 e. The van der Waals surface area contributed by atoms with Crippen molar-refractivity contribution in [3.05, 3.63) is 107 Å². The molecule has 1 aliphatic carbocycles. The number of ether oxygens (including phenoxy) is 1. The Hall–Kier alpha value is -3.62. The Balaban J connectivity index is 1.61. The summed E-state index contributed by atoms with van der Waals surface area (Å²) in [7, 11) is 0. The summed E-state index contributed by atoms with van der Waals surface area (Å²) in [4.78, 5) is 0. The van der Waals surface area contributed by atoms with E-state index in [0.717, 1.165) is 24.5 Å². The van der Waals surface area contributed by atoms with Crippen LogP contribution >= 0.6 is 0 Å². The highest BCUT2D eigenvalue weighted by atomic mass is 19.3. The van der Waals surface area contributed by atoms with Gasteiger partial charge in [0.1, 0.15) is 28.8 Å². The van der Waals surface area contributed by atoms with Crippen molar-refractivity contribution in [1.29, 1.82) is 0 Å². The van der Waals surface area contributed by atoms with E-state index < -0.39 is 59.1 Å². The van der Waals surface area contributed by atoms with Crippen LogP contribution < -0.4 is 0 Å². The molecule has 0 radical (unpaired) electrons. The average molecular weight is 524 g/mol. The molecule has 0 heterocycles.